The van der Waals surface area contributed by atoms with Crippen LogP contribution in [0, 0.1) is 17.6 Å². The van der Waals surface area contributed by atoms with Gasteiger partial charge in [0.2, 0.25) is 0 Å². The topological polar surface area (TPSA) is 55.6 Å². The number of halogens is 2. The molecule has 1 amide bonds. The molecule has 122 valence electrons. The Morgan fingerprint density at radius 3 is 2.59 bits per heavy atom. The SMILES string of the molecule is CC(C)(C)OC(=O)N1C[C@H](CN)[C@@H](c2ccc(F)cc2F)C1. The van der Waals surface area contributed by atoms with Crippen molar-refractivity contribution in [3.63, 3.8) is 0 Å². The molecule has 0 radical (unpaired) electrons. The maximum absolute atomic E-state index is 14.0. The van der Waals surface area contributed by atoms with Crippen LogP contribution in [0.4, 0.5) is 13.6 Å². The van der Waals surface area contributed by atoms with Gasteiger partial charge in [0.15, 0.2) is 0 Å². The number of ether oxygens (including phenoxy) is 1. The normalized spacial score (nSPS) is 22.0. The van der Waals surface area contributed by atoms with E-state index >= 15 is 0 Å². The van der Waals surface area contributed by atoms with E-state index < -0.39 is 23.3 Å². The summed E-state index contributed by atoms with van der Waals surface area (Å²) in [6.45, 7) is 6.42. The highest BCUT2D eigenvalue weighted by atomic mass is 19.1. The van der Waals surface area contributed by atoms with Crippen molar-refractivity contribution < 1.29 is 18.3 Å². The highest BCUT2D eigenvalue weighted by Crippen LogP contribution is 2.34. The molecule has 2 N–H and O–H groups in total. The maximum Gasteiger partial charge on any atom is 0.410 e. The lowest BCUT2D eigenvalue weighted by Crippen LogP contribution is -2.35. The monoisotopic (exact) mass is 312 g/mol. The van der Waals surface area contributed by atoms with Gasteiger partial charge in [0, 0.05) is 25.1 Å². The van der Waals surface area contributed by atoms with Gasteiger partial charge in [0.1, 0.15) is 17.2 Å². The molecule has 0 saturated carbocycles. The number of nitrogens with two attached hydrogens (primary N) is 1. The Hall–Kier alpha value is -1.69. The summed E-state index contributed by atoms with van der Waals surface area (Å²) in [5, 5.41) is 0. The quantitative estimate of drug-likeness (QED) is 0.913. The molecular formula is C16H22F2N2O2. The van der Waals surface area contributed by atoms with E-state index in [2.05, 4.69) is 0 Å². The largest absolute Gasteiger partial charge is 0.444 e. The second-order valence-electron chi connectivity index (χ2n) is 6.65. The summed E-state index contributed by atoms with van der Waals surface area (Å²) in [7, 11) is 0. The van der Waals surface area contributed by atoms with Gasteiger partial charge in [0.05, 0.1) is 0 Å². The fourth-order valence-electron chi connectivity index (χ4n) is 2.74. The van der Waals surface area contributed by atoms with Gasteiger partial charge >= 0.3 is 6.09 Å². The highest BCUT2D eigenvalue weighted by molar-refractivity contribution is 5.68. The van der Waals surface area contributed by atoms with Crippen molar-refractivity contribution in [3.8, 4) is 0 Å². The molecule has 22 heavy (non-hydrogen) atoms. The van der Waals surface area contributed by atoms with Crippen molar-refractivity contribution >= 4 is 6.09 Å². The number of carbonyl (C=O) groups is 1. The zero-order chi connectivity index (χ0) is 16.5. The number of hydrogen-bond donors (Lipinski definition) is 1. The molecule has 1 aromatic rings. The van der Waals surface area contributed by atoms with Crippen LogP contribution in [0.1, 0.15) is 32.3 Å². The minimum atomic E-state index is -0.618. The van der Waals surface area contributed by atoms with Crippen molar-refractivity contribution in [2.24, 2.45) is 11.7 Å². The van der Waals surface area contributed by atoms with Crippen LogP contribution in [0.15, 0.2) is 18.2 Å². The number of amides is 1. The van der Waals surface area contributed by atoms with Crippen molar-refractivity contribution in [1.82, 2.24) is 4.90 Å². The number of hydrogen-bond acceptors (Lipinski definition) is 3. The zero-order valence-electron chi connectivity index (χ0n) is 13.1. The van der Waals surface area contributed by atoms with Gasteiger partial charge in [-0.1, -0.05) is 6.07 Å². The average molecular weight is 312 g/mol. The van der Waals surface area contributed by atoms with E-state index in [-0.39, 0.29) is 11.8 Å². The first-order chi connectivity index (χ1) is 10.2. The summed E-state index contributed by atoms with van der Waals surface area (Å²) in [5.74, 6) is -1.55. The number of rotatable bonds is 2. The molecule has 6 heteroatoms. The predicted octanol–water partition coefficient (Wildman–Crippen LogP) is 2.87. The third-order valence-corrected chi connectivity index (χ3v) is 3.76. The number of carbonyl (C=O) groups excluding carboxylic acids is 1. The molecule has 4 nitrogen and oxygen atoms in total. The Morgan fingerprint density at radius 2 is 2.05 bits per heavy atom. The molecule has 1 fully saturated rings. The van der Waals surface area contributed by atoms with Crippen LogP contribution in [-0.2, 0) is 4.74 Å². The Balaban J connectivity index is 2.17. The molecule has 0 spiro atoms. The van der Waals surface area contributed by atoms with Crippen LogP contribution in [0.2, 0.25) is 0 Å². The van der Waals surface area contributed by atoms with Gasteiger partial charge in [-0.25, -0.2) is 13.6 Å². The lowest BCUT2D eigenvalue weighted by Gasteiger charge is -2.24. The summed E-state index contributed by atoms with van der Waals surface area (Å²) >= 11 is 0. The summed E-state index contributed by atoms with van der Waals surface area (Å²) in [6, 6.07) is 3.51. The first kappa shape index (κ1) is 16.7. The molecule has 0 unspecified atom stereocenters. The van der Waals surface area contributed by atoms with Crippen LogP contribution in [0.5, 0.6) is 0 Å². The molecule has 1 saturated heterocycles. The molecular weight excluding hydrogens is 290 g/mol. The van der Waals surface area contributed by atoms with E-state index in [4.69, 9.17) is 10.5 Å². The first-order valence-electron chi connectivity index (χ1n) is 7.34. The Bertz CT molecular complexity index is 558. The molecule has 2 atom stereocenters. The third kappa shape index (κ3) is 3.74. The number of likely N-dealkylation sites (tertiary alicyclic amines) is 1. The Kier molecular flexibility index (Phi) is 4.70. The minimum Gasteiger partial charge on any atom is -0.444 e. The van der Waals surface area contributed by atoms with Gasteiger partial charge in [-0.05, 0) is 44.9 Å². The van der Waals surface area contributed by atoms with Crippen LogP contribution in [0.3, 0.4) is 0 Å². The van der Waals surface area contributed by atoms with Gasteiger partial charge in [0.25, 0.3) is 0 Å². The lowest BCUT2D eigenvalue weighted by molar-refractivity contribution is 0.0287. The van der Waals surface area contributed by atoms with Gasteiger partial charge in [-0.2, -0.15) is 0 Å². The highest BCUT2D eigenvalue weighted by Gasteiger charge is 2.38. The van der Waals surface area contributed by atoms with Crippen LogP contribution in [0.25, 0.3) is 0 Å². The Labute approximate surface area is 129 Å². The lowest BCUT2D eigenvalue weighted by atomic mass is 9.89. The van der Waals surface area contributed by atoms with Crippen molar-refractivity contribution in [2.75, 3.05) is 19.6 Å². The molecule has 0 aliphatic carbocycles. The Morgan fingerprint density at radius 1 is 1.36 bits per heavy atom. The van der Waals surface area contributed by atoms with E-state index in [9.17, 15) is 13.6 Å². The molecule has 1 heterocycles. The molecule has 1 aromatic carbocycles. The minimum absolute atomic E-state index is 0.0764. The smallest absolute Gasteiger partial charge is 0.410 e. The standard InChI is InChI=1S/C16H22F2N2O2/c1-16(2,3)22-15(21)20-8-10(7-19)13(9-20)12-5-4-11(17)6-14(12)18/h4-6,10,13H,7-9,19H2,1-3H3/t10-,13-/m0/s1. The maximum atomic E-state index is 14.0. The summed E-state index contributed by atoms with van der Waals surface area (Å²) < 4.78 is 32.4. The molecule has 0 aromatic heterocycles. The number of benzene rings is 1. The van der Waals surface area contributed by atoms with Crippen molar-refractivity contribution in [3.05, 3.63) is 35.4 Å². The van der Waals surface area contributed by atoms with Gasteiger partial charge in [-0.3, -0.25) is 0 Å². The third-order valence-electron chi connectivity index (χ3n) is 3.76. The van der Waals surface area contributed by atoms with E-state index in [0.717, 1.165) is 6.07 Å². The summed E-state index contributed by atoms with van der Waals surface area (Å²) in [6.07, 6.45) is -0.434. The van der Waals surface area contributed by atoms with Crippen LogP contribution in [-0.4, -0.2) is 36.2 Å². The second kappa shape index (κ2) is 6.20. The van der Waals surface area contributed by atoms with E-state index in [0.29, 0.717) is 25.2 Å². The molecule has 1 aliphatic heterocycles. The first-order valence-corrected chi connectivity index (χ1v) is 7.34. The van der Waals surface area contributed by atoms with Crippen LogP contribution >= 0.6 is 0 Å². The summed E-state index contributed by atoms with van der Waals surface area (Å²) in [5.41, 5.74) is 5.56. The predicted molar refractivity (Wildman–Crippen MR) is 79.5 cm³/mol. The average Bonchev–Trinajstić information content (AvgIpc) is 2.80. The van der Waals surface area contributed by atoms with Crippen LogP contribution < -0.4 is 5.73 Å². The second-order valence-corrected chi connectivity index (χ2v) is 6.65. The van der Waals surface area contributed by atoms with E-state index in [1.165, 1.54) is 17.0 Å². The molecule has 0 bridgehead atoms. The van der Waals surface area contributed by atoms with Gasteiger partial charge in [-0.15, -0.1) is 0 Å². The molecule has 1 aliphatic rings. The van der Waals surface area contributed by atoms with E-state index in [1.807, 2.05) is 0 Å². The summed E-state index contributed by atoms with van der Waals surface area (Å²) in [4.78, 5) is 13.7. The van der Waals surface area contributed by atoms with Crippen molar-refractivity contribution in [1.29, 1.82) is 0 Å². The fourth-order valence-corrected chi connectivity index (χ4v) is 2.74. The van der Waals surface area contributed by atoms with Crippen molar-refractivity contribution in [2.45, 2.75) is 32.3 Å². The molecule has 2 rings (SSSR count). The zero-order valence-corrected chi connectivity index (χ0v) is 13.1. The number of nitrogens with zero attached hydrogens (tertiary/aromatic N) is 1. The van der Waals surface area contributed by atoms with E-state index in [1.54, 1.807) is 20.8 Å². The van der Waals surface area contributed by atoms with Gasteiger partial charge < -0.3 is 15.4 Å². The fraction of sp³-hybridized carbons (Fsp3) is 0.562.